The summed E-state index contributed by atoms with van der Waals surface area (Å²) in [6, 6.07) is 5.85. The molecule has 1 aliphatic carbocycles. The van der Waals surface area contributed by atoms with E-state index >= 15 is 0 Å². The lowest BCUT2D eigenvalue weighted by Gasteiger charge is -2.16. The lowest BCUT2D eigenvalue weighted by molar-refractivity contribution is 0.399. The second-order valence-electron chi connectivity index (χ2n) is 4.66. The topological polar surface area (TPSA) is 21.3 Å². The largest absolute Gasteiger partial charge is 0.496 e. The van der Waals surface area contributed by atoms with E-state index in [0.29, 0.717) is 5.41 Å². The molecule has 1 aromatic rings. The van der Waals surface area contributed by atoms with Crippen molar-refractivity contribution in [3.63, 3.8) is 0 Å². The lowest BCUT2D eigenvalue weighted by Crippen LogP contribution is -2.22. The summed E-state index contributed by atoms with van der Waals surface area (Å²) in [6.07, 6.45) is 3.64. The summed E-state index contributed by atoms with van der Waals surface area (Å²) in [5, 5.41) is 4.06. The molecule has 16 heavy (non-hydrogen) atoms. The zero-order chi connectivity index (χ0) is 11.6. The Bertz CT molecular complexity index is 374. The summed E-state index contributed by atoms with van der Waals surface area (Å²) in [6.45, 7) is 1.07. The Morgan fingerprint density at radius 1 is 1.44 bits per heavy atom. The van der Waals surface area contributed by atoms with Crippen LogP contribution < -0.4 is 10.1 Å². The molecular formula is C13H18ClNO. The van der Waals surface area contributed by atoms with E-state index in [1.807, 2.05) is 25.2 Å². The quantitative estimate of drug-likeness (QED) is 0.853. The Kier molecular flexibility index (Phi) is 3.41. The highest BCUT2D eigenvalue weighted by molar-refractivity contribution is 6.30. The fourth-order valence-corrected chi connectivity index (χ4v) is 2.45. The molecule has 2 rings (SSSR count). The first-order valence-electron chi connectivity index (χ1n) is 5.66. The van der Waals surface area contributed by atoms with Crippen molar-refractivity contribution >= 4 is 11.6 Å². The number of hydrogen-bond acceptors (Lipinski definition) is 2. The van der Waals surface area contributed by atoms with Crippen LogP contribution in [0.2, 0.25) is 5.02 Å². The van der Waals surface area contributed by atoms with Crippen molar-refractivity contribution in [1.29, 1.82) is 0 Å². The van der Waals surface area contributed by atoms with E-state index in [9.17, 15) is 0 Å². The molecule has 1 N–H and O–H groups in total. The van der Waals surface area contributed by atoms with Gasteiger partial charge in [0.05, 0.1) is 7.11 Å². The standard InChI is InChI=1S/C13H18ClNO/c1-15-9-13(5-6-13)8-10-7-11(14)3-4-12(10)16-2/h3-4,7,15H,5-6,8-9H2,1-2H3. The van der Waals surface area contributed by atoms with Crippen molar-refractivity contribution in [3.05, 3.63) is 28.8 Å². The molecule has 0 atom stereocenters. The Labute approximate surface area is 102 Å². The van der Waals surface area contributed by atoms with Crippen LogP contribution in [-0.4, -0.2) is 20.7 Å². The average Bonchev–Trinajstić information content (AvgIpc) is 2.99. The lowest BCUT2D eigenvalue weighted by atomic mass is 9.96. The molecular weight excluding hydrogens is 222 g/mol. The van der Waals surface area contributed by atoms with Crippen LogP contribution in [0.15, 0.2) is 18.2 Å². The highest BCUT2D eigenvalue weighted by Gasteiger charge is 2.42. The molecule has 0 spiro atoms. The van der Waals surface area contributed by atoms with E-state index < -0.39 is 0 Å². The maximum Gasteiger partial charge on any atom is 0.122 e. The molecule has 0 aliphatic heterocycles. The van der Waals surface area contributed by atoms with Crippen molar-refractivity contribution in [2.75, 3.05) is 20.7 Å². The summed E-state index contributed by atoms with van der Waals surface area (Å²) in [5.41, 5.74) is 1.66. The van der Waals surface area contributed by atoms with Gasteiger partial charge in [0.25, 0.3) is 0 Å². The fourth-order valence-electron chi connectivity index (χ4n) is 2.26. The Morgan fingerprint density at radius 2 is 2.19 bits per heavy atom. The molecule has 1 aliphatic rings. The van der Waals surface area contributed by atoms with Crippen LogP contribution in [0.1, 0.15) is 18.4 Å². The van der Waals surface area contributed by atoms with Crippen LogP contribution in [0.3, 0.4) is 0 Å². The van der Waals surface area contributed by atoms with E-state index in [0.717, 1.165) is 23.7 Å². The van der Waals surface area contributed by atoms with Crippen molar-refractivity contribution in [3.8, 4) is 5.75 Å². The predicted molar refractivity (Wildman–Crippen MR) is 67.3 cm³/mol. The van der Waals surface area contributed by atoms with E-state index in [2.05, 4.69) is 5.32 Å². The summed E-state index contributed by atoms with van der Waals surface area (Å²) in [4.78, 5) is 0. The molecule has 3 heteroatoms. The predicted octanol–water partition coefficient (Wildman–Crippen LogP) is 2.89. The first-order chi connectivity index (χ1) is 7.69. The van der Waals surface area contributed by atoms with Crippen LogP contribution in [0.25, 0.3) is 0 Å². The number of nitrogens with one attached hydrogen (secondary N) is 1. The van der Waals surface area contributed by atoms with Gasteiger partial charge in [-0.2, -0.15) is 0 Å². The highest BCUT2D eigenvalue weighted by atomic mass is 35.5. The van der Waals surface area contributed by atoms with Gasteiger partial charge in [0, 0.05) is 11.6 Å². The molecule has 1 saturated carbocycles. The van der Waals surface area contributed by atoms with Crippen molar-refractivity contribution < 1.29 is 4.74 Å². The zero-order valence-corrected chi connectivity index (χ0v) is 10.6. The SMILES string of the molecule is CNCC1(Cc2cc(Cl)ccc2OC)CC1. The minimum Gasteiger partial charge on any atom is -0.496 e. The number of hydrogen-bond donors (Lipinski definition) is 1. The number of methoxy groups -OCH3 is 1. The third-order valence-electron chi connectivity index (χ3n) is 3.32. The van der Waals surface area contributed by atoms with Gasteiger partial charge in [-0.25, -0.2) is 0 Å². The van der Waals surface area contributed by atoms with Crippen molar-refractivity contribution in [1.82, 2.24) is 5.32 Å². The summed E-state index contributed by atoms with van der Waals surface area (Å²) < 4.78 is 5.37. The molecule has 1 aromatic carbocycles. The number of ether oxygens (including phenoxy) is 1. The van der Waals surface area contributed by atoms with Crippen LogP contribution in [-0.2, 0) is 6.42 Å². The molecule has 2 nitrogen and oxygen atoms in total. The molecule has 0 bridgehead atoms. The molecule has 0 saturated heterocycles. The van der Waals surface area contributed by atoms with Gasteiger partial charge in [-0.3, -0.25) is 0 Å². The minimum absolute atomic E-state index is 0.437. The third-order valence-corrected chi connectivity index (χ3v) is 3.55. The molecule has 88 valence electrons. The normalized spacial score (nSPS) is 17.2. The fraction of sp³-hybridized carbons (Fsp3) is 0.538. The summed E-state index contributed by atoms with van der Waals surface area (Å²) >= 11 is 6.03. The molecule has 0 radical (unpaired) electrons. The van der Waals surface area contributed by atoms with Gasteiger partial charge in [-0.15, -0.1) is 0 Å². The Balaban J connectivity index is 2.17. The van der Waals surface area contributed by atoms with Crippen LogP contribution in [0.4, 0.5) is 0 Å². The number of benzene rings is 1. The molecule has 0 unspecified atom stereocenters. The first-order valence-corrected chi connectivity index (χ1v) is 6.04. The van der Waals surface area contributed by atoms with Gasteiger partial charge in [0.15, 0.2) is 0 Å². The summed E-state index contributed by atoms with van der Waals surface area (Å²) in [5.74, 6) is 0.951. The Morgan fingerprint density at radius 3 is 2.75 bits per heavy atom. The van der Waals surface area contributed by atoms with Crippen LogP contribution >= 0.6 is 11.6 Å². The highest BCUT2D eigenvalue weighted by Crippen LogP contribution is 2.49. The smallest absolute Gasteiger partial charge is 0.122 e. The second-order valence-corrected chi connectivity index (χ2v) is 5.10. The van der Waals surface area contributed by atoms with Crippen molar-refractivity contribution in [2.24, 2.45) is 5.41 Å². The van der Waals surface area contributed by atoms with Gasteiger partial charge >= 0.3 is 0 Å². The van der Waals surface area contributed by atoms with E-state index in [1.54, 1.807) is 7.11 Å². The molecule has 1 fully saturated rings. The van der Waals surface area contributed by atoms with Crippen molar-refractivity contribution in [2.45, 2.75) is 19.3 Å². The van der Waals surface area contributed by atoms with Crippen LogP contribution in [0, 0.1) is 5.41 Å². The Hall–Kier alpha value is -0.730. The minimum atomic E-state index is 0.437. The van der Waals surface area contributed by atoms with Gasteiger partial charge in [0.1, 0.15) is 5.75 Å². The molecule has 0 amide bonds. The molecule has 0 aromatic heterocycles. The second kappa shape index (κ2) is 4.64. The van der Waals surface area contributed by atoms with E-state index in [4.69, 9.17) is 16.3 Å². The van der Waals surface area contributed by atoms with E-state index in [1.165, 1.54) is 18.4 Å². The average molecular weight is 240 g/mol. The van der Waals surface area contributed by atoms with Gasteiger partial charge < -0.3 is 10.1 Å². The monoisotopic (exact) mass is 239 g/mol. The third kappa shape index (κ3) is 2.50. The van der Waals surface area contributed by atoms with Gasteiger partial charge in [0.2, 0.25) is 0 Å². The number of halogens is 1. The summed E-state index contributed by atoms with van der Waals surface area (Å²) in [7, 11) is 3.72. The maximum atomic E-state index is 6.03. The van der Waals surface area contributed by atoms with Crippen LogP contribution in [0.5, 0.6) is 5.75 Å². The molecule has 0 heterocycles. The first kappa shape index (κ1) is 11.7. The maximum absolute atomic E-state index is 6.03. The van der Waals surface area contributed by atoms with Gasteiger partial charge in [-0.1, -0.05) is 11.6 Å². The number of rotatable bonds is 5. The van der Waals surface area contributed by atoms with Gasteiger partial charge in [-0.05, 0) is 55.5 Å². The van der Waals surface area contributed by atoms with E-state index in [-0.39, 0.29) is 0 Å². The zero-order valence-electron chi connectivity index (χ0n) is 9.85.